The van der Waals surface area contributed by atoms with E-state index in [1.54, 1.807) is 21.3 Å². The fraction of sp³-hybridized carbons (Fsp3) is 0.250. The molecule has 4 aromatic rings. The molecule has 5 nitrogen and oxygen atoms in total. The highest BCUT2D eigenvalue weighted by molar-refractivity contribution is 6.05. The van der Waals surface area contributed by atoms with Crippen LogP contribution in [-0.4, -0.2) is 27.9 Å². The van der Waals surface area contributed by atoms with Crippen molar-refractivity contribution < 1.29 is 18.6 Å². The van der Waals surface area contributed by atoms with Crippen LogP contribution in [0.1, 0.15) is 11.1 Å². The van der Waals surface area contributed by atoms with E-state index in [4.69, 9.17) is 18.6 Å². The van der Waals surface area contributed by atoms with Crippen LogP contribution in [0.25, 0.3) is 21.9 Å². The fourth-order valence-corrected chi connectivity index (χ4v) is 3.68. The summed E-state index contributed by atoms with van der Waals surface area (Å²) < 4.78 is 22.4. The van der Waals surface area contributed by atoms with E-state index in [1.807, 2.05) is 30.3 Å². The molecule has 0 atom stereocenters. The minimum atomic E-state index is 0.664. The molecule has 3 aromatic carbocycles. The maximum atomic E-state index is 6.10. The molecular formula is C24H25NO4. The largest absolute Gasteiger partial charge is 0.496 e. The van der Waals surface area contributed by atoms with E-state index in [1.165, 1.54) is 0 Å². The van der Waals surface area contributed by atoms with Gasteiger partial charge in [-0.2, -0.15) is 0 Å². The molecule has 0 saturated heterocycles. The molecule has 0 spiro atoms. The van der Waals surface area contributed by atoms with E-state index in [9.17, 15) is 0 Å². The topological polar surface area (TPSA) is 52.9 Å². The van der Waals surface area contributed by atoms with Crippen LogP contribution in [0.2, 0.25) is 0 Å². The summed E-state index contributed by atoms with van der Waals surface area (Å²) in [6.45, 7) is 1.52. The van der Waals surface area contributed by atoms with E-state index >= 15 is 0 Å². The van der Waals surface area contributed by atoms with Crippen molar-refractivity contribution in [3.63, 3.8) is 0 Å². The Bertz CT molecular complexity index is 1130. The number of ether oxygens (including phenoxy) is 3. The van der Waals surface area contributed by atoms with Crippen LogP contribution >= 0.6 is 0 Å². The third-order valence-corrected chi connectivity index (χ3v) is 5.16. The number of hydrogen-bond donors (Lipinski definition) is 1. The summed E-state index contributed by atoms with van der Waals surface area (Å²) in [5.74, 6) is 2.16. The Morgan fingerprint density at radius 2 is 1.48 bits per heavy atom. The molecule has 1 heterocycles. The smallest absolute Gasteiger partial charge is 0.164 e. The lowest BCUT2D eigenvalue weighted by Crippen LogP contribution is -2.17. The molecule has 0 aliphatic rings. The lowest BCUT2D eigenvalue weighted by Gasteiger charge is -2.14. The monoisotopic (exact) mass is 391 g/mol. The lowest BCUT2D eigenvalue weighted by atomic mass is 10.1. The second-order valence-electron chi connectivity index (χ2n) is 6.84. The Morgan fingerprint density at radius 3 is 2.28 bits per heavy atom. The molecule has 0 amide bonds. The first-order valence-corrected chi connectivity index (χ1v) is 9.64. The highest BCUT2D eigenvalue weighted by atomic mass is 16.5. The van der Waals surface area contributed by atoms with Gasteiger partial charge in [0.05, 0.1) is 21.3 Å². The van der Waals surface area contributed by atoms with Crippen LogP contribution in [0.4, 0.5) is 0 Å². The van der Waals surface area contributed by atoms with Gasteiger partial charge in [0.25, 0.3) is 0 Å². The zero-order chi connectivity index (χ0) is 20.2. The van der Waals surface area contributed by atoms with E-state index in [0.717, 1.165) is 58.3 Å². The van der Waals surface area contributed by atoms with Gasteiger partial charge in [-0.05, 0) is 30.7 Å². The Kier molecular flexibility index (Phi) is 5.58. The maximum absolute atomic E-state index is 6.10. The Morgan fingerprint density at radius 1 is 0.759 bits per heavy atom. The van der Waals surface area contributed by atoms with Crippen LogP contribution in [0, 0.1) is 0 Å². The number of nitrogens with one attached hydrogen (secondary N) is 1. The van der Waals surface area contributed by atoms with Crippen LogP contribution in [0.15, 0.2) is 59.0 Å². The van der Waals surface area contributed by atoms with Crippen LogP contribution in [0.3, 0.4) is 0 Å². The van der Waals surface area contributed by atoms with Gasteiger partial charge in [0.2, 0.25) is 0 Å². The third kappa shape index (κ3) is 3.74. The summed E-state index contributed by atoms with van der Waals surface area (Å²) in [4.78, 5) is 0. The van der Waals surface area contributed by atoms with Gasteiger partial charge in [0.1, 0.15) is 16.9 Å². The molecule has 1 N–H and O–H groups in total. The number of fused-ring (bicyclic) bond motifs is 3. The van der Waals surface area contributed by atoms with E-state index in [-0.39, 0.29) is 0 Å². The van der Waals surface area contributed by atoms with Crippen molar-refractivity contribution in [2.75, 3.05) is 27.9 Å². The zero-order valence-corrected chi connectivity index (χ0v) is 17.0. The Hall–Kier alpha value is -3.18. The summed E-state index contributed by atoms with van der Waals surface area (Å²) in [6.07, 6.45) is 0.805. The number of para-hydroxylation sites is 2. The number of furan rings is 1. The predicted molar refractivity (Wildman–Crippen MR) is 115 cm³/mol. The fourth-order valence-electron chi connectivity index (χ4n) is 3.68. The van der Waals surface area contributed by atoms with Crippen LogP contribution < -0.4 is 19.5 Å². The molecule has 0 aliphatic carbocycles. The van der Waals surface area contributed by atoms with Crippen molar-refractivity contribution in [3.8, 4) is 17.2 Å². The van der Waals surface area contributed by atoms with Gasteiger partial charge in [-0.25, -0.2) is 0 Å². The second-order valence-corrected chi connectivity index (χ2v) is 6.84. The summed E-state index contributed by atoms with van der Waals surface area (Å²) in [6, 6.07) is 18.3. The van der Waals surface area contributed by atoms with Crippen molar-refractivity contribution in [1.82, 2.24) is 5.32 Å². The number of benzene rings is 3. The average molecular weight is 391 g/mol. The van der Waals surface area contributed by atoms with Gasteiger partial charge in [-0.1, -0.05) is 36.4 Å². The first-order chi connectivity index (χ1) is 14.2. The quantitative estimate of drug-likeness (QED) is 0.431. The molecule has 0 unspecified atom stereocenters. The molecule has 0 saturated carbocycles. The van der Waals surface area contributed by atoms with E-state index < -0.39 is 0 Å². The van der Waals surface area contributed by atoms with Gasteiger partial charge in [-0.15, -0.1) is 0 Å². The predicted octanol–water partition coefficient (Wildman–Crippen LogP) is 4.94. The molecule has 1 aromatic heterocycles. The summed E-state index contributed by atoms with van der Waals surface area (Å²) >= 11 is 0. The molecule has 0 aliphatic heterocycles. The third-order valence-electron chi connectivity index (χ3n) is 5.16. The Labute approximate surface area is 170 Å². The van der Waals surface area contributed by atoms with Crippen molar-refractivity contribution in [2.24, 2.45) is 0 Å². The van der Waals surface area contributed by atoms with Crippen LogP contribution in [-0.2, 0) is 13.0 Å². The van der Waals surface area contributed by atoms with Gasteiger partial charge in [0, 0.05) is 28.9 Å². The molecule has 5 heteroatoms. The molecular weight excluding hydrogens is 366 g/mol. The van der Waals surface area contributed by atoms with Crippen LogP contribution in [0.5, 0.6) is 17.2 Å². The standard InChI is InChI=1S/C24H25NO4/c1-26-21-14-23(28-3)22(27-2)13-16(21)11-12-25-15-17-7-6-9-19-18-8-4-5-10-20(18)29-24(17)19/h4-10,13-14,25H,11-12,15H2,1-3H3. The molecule has 150 valence electrons. The molecule has 0 fully saturated rings. The molecule has 0 bridgehead atoms. The maximum Gasteiger partial charge on any atom is 0.164 e. The molecule has 0 radical (unpaired) electrons. The SMILES string of the molecule is COc1cc(OC)c(OC)cc1CCNCc1cccc2c1oc1ccccc12. The highest BCUT2D eigenvalue weighted by Gasteiger charge is 2.12. The second kappa shape index (κ2) is 8.45. The summed E-state index contributed by atoms with van der Waals surface area (Å²) in [7, 11) is 4.93. The van der Waals surface area contributed by atoms with Gasteiger partial charge in [0.15, 0.2) is 11.5 Å². The first-order valence-electron chi connectivity index (χ1n) is 9.64. The lowest BCUT2D eigenvalue weighted by molar-refractivity contribution is 0.347. The summed E-state index contributed by atoms with van der Waals surface area (Å²) in [5.41, 5.74) is 4.09. The van der Waals surface area contributed by atoms with Gasteiger partial charge in [-0.3, -0.25) is 0 Å². The van der Waals surface area contributed by atoms with Crippen molar-refractivity contribution in [3.05, 3.63) is 65.7 Å². The van der Waals surface area contributed by atoms with E-state index in [0.29, 0.717) is 11.5 Å². The van der Waals surface area contributed by atoms with Crippen molar-refractivity contribution in [1.29, 1.82) is 0 Å². The zero-order valence-electron chi connectivity index (χ0n) is 17.0. The molecule has 29 heavy (non-hydrogen) atoms. The van der Waals surface area contributed by atoms with Crippen molar-refractivity contribution >= 4 is 21.9 Å². The normalized spacial score (nSPS) is 11.1. The summed E-state index contributed by atoms with van der Waals surface area (Å²) in [5, 5.41) is 5.82. The average Bonchev–Trinajstić information content (AvgIpc) is 3.15. The number of hydrogen-bond acceptors (Lipinski definition) is 5. The van der Waals surface area contributed by atoms with E-state index in [2.05, 4.69) is 29.6 Å². The highest BCUT2D eigenvalue weighted by Crippen LogP contribution is 2.35. The minimum Gasteiger partial charge on any atom is -0.496 e. The minimum absolute atomic E-state index is 0.664. The van der Waals surface area contributed by atoms with Gasteiger partial charge < -0.3 is 23.9 Å². The number of rotatable bonds is 8. The number of methoxy groups -OCH3 is 3. The first kappa shape index (κ1) is 19.2. The molecule has 4 rings (SSSR count). The van der Waals surface area contributed by atoms with Crippen molar-refractivity contribution in [2.45, 2.75) is 13.0 Å². The Balaban J connectivity index is 1.47. The van der Waals surface area contributed by atoms with Gasteiger partial charge >= 0.3 is 0 Å².